The van der Waals surface area contributed by atoms with Crippen LogP contribution in [0, 0.1) is 13.8 Å². The molecule has 3 N–H and O–H groups in total. The number of benzene rings is 1. The average molecular weight is 243 g/mol. The summed E-state index contributed by atoms with van der Waals surface area (Å²) in [5.74, 6) is 0. The van der Waals surface area contributed by atoms with Crippen LogP contribution in [0.5, 0.6) is 0 Å². The predicted octanol–water partition coefficient (Wildman–Crippen LogP) is 1.89. The number of piperazine rings is 1. The normalized spacial score (nSPS) is 20.4. The first kappa shape index (κ1) is 11.8. The molecule has 0 radical (unpaired) electrons. The number of aryl methyl sites for hydroxylation is 2. The summed E-state index contributed by atoms with van der Waals surface area (Å²) in [5.41, 5.74) is 5.44. The third-order valence-corrected chi connectivity index (χ3v) is 3.93. The van der Waals surface area contributed by atoms with Crippen LogP contribution < -0.4 is 10.6 Å². The monoisotopic (exact) mass is 243 g/mol. The van der Waals surface area contributed by atoms with Crippen LogP contribution >= 0.6 is 0 Å². The van der Waals surface area contributed by atoms with Gasteiger partial charge in [0.25, 0.3) is 0 Å². The standard InChI is InChI=1S/C15H21N3/c1-10-3-4-11(2)15-14(10)12(8-18-15)7-13-9-16-5-6-17-13/h3-4,8,13,16-18H,5-7,9H2,1-2H3. The van der Waals surface area contributed by atoms with Gasteiger partial charge in [-0.2, -0.15) is 0 Å². The number of hydrogen-bond acceptors (Lipinski definition) is 2. The van der Waals surface area contributed by atoms with Crippen LogP contribution in [-0.2, 0) is 6.42 Å². The van der Waals surface area contributed by atoms with Crippen LogP contribution in [0.3, 0.4) is 0 Å². The first-order valence-corrected chi connectivity index (χ1v) is 6.76. The number of fused-ring (bicyclic) bond motifs is 1. The van der Waals surface area contributed by atoms with Crippen molar-refractivity contribution in [2.24, 2.45) is 0 Å². The van der Waals surface area contributed by atoms with Crippen molar-refractivity contribution in [1.82, 2.24) is 15.6 Å². The van der Waals surface area contributed by atoms with Crippen LogP contribution in [0.15, 0.2) is 18.3 Å². The minimum Gasteiger partial charge on any atom is -0.361 e. The first-order valence-electron chi connectivity index (χ1n) is 6.76. The van der Waals surface area contributed by atoms with Gasteiger partial charge in [0, 0.05) is 42.8 Å². The Morgan fingerprint density at radius 2 is 2.00 bits per heavy atom. The molecular formula is C15H21N3. The third-order valence-electron chi connectivity index (χ3n) is 3.93. The van der Waals surface area contributed by atoms with Gasteiger partial charge < -0.3 is 15.6 Å². The van der Waals surface area contributed by atoms with E-state index in [1.807, 2.05) is 0 Å². The summed E-state index contributed by atoms with van der Waals surface area (Å²) >= 11 is 0. The molecule has 0 amide bonds. The molecule has 1 aromatic heterocycles. The van der Waals surface area contributed by atoms with Gasteiger partial charge in [-0.05, 0) is 37.0 Å². The third kappa shape index (κ3) is 2.04. The van der Waals surface area contributed by atoms with E-state index in [0.717, 1.165) is 26.1 Å². The molecule has 2 aromatic rings. The topological polar surface area (TPSA) is 39.8 Å². The van der Waals surface area contributed by atoms with Crippen molar-refractivity contribution in [3.8, 4) is 0 Å². The second kappa shape index (κ2) is 4.75. The van der Waals surface area contributed by atoms with Crippen molar-refractivity contribution in [3.05, 3.63) is 35.0 Å². The van der Waals surface area contributed by atoms with Crippen molar-refractivity contribution >= 4 is 10.9 Å². The second-order valence-electron chi connectivity index (χ2n) is 5.32. The Balaban J connectivity index is 1.94. The van der Waals surface area contributed by atoms with Crippen LogP contribution in [-0.4, -0.2) is 30.7 Å². The number of nitrogens with one attached hydrogen (secondary N) is 3. The van der Waals surface area contributed by atoms with E-state index in [1.165, 1.54) is 27.6 Å². The van der Waals surface area contributed by atoms with Gasteiger partial charge in [-0.25, -0.2) is 0 Å². The maximum atomic E-state index is 3.58. The van der Waals surface area contributed by atoms with Crippen LogP contribution in [0.4, 0.5) is 0 Å². The van der Waals surface area contributed by atoms with Crippen LogP contribution in [0.2, 0.25) is 0 Å². The van der Waals surface area contributed by atoms with E-state index in [1.54, 1.807) is 0 Å². The largest absolute Gasteiger partial charge is 0.361 e. The summed E-state index contributed by atoms with van der Waals surface area (Å²) in [6.07, 6.45) is 3.28. The van der Waals surface area contributed by atoms with Gasteiger partial charge in [0.1, 0.15) is 0 Å². The molecule has 1 aliphatic rings. The zero-order chi connectivity index (χ0) is 12.5. The minimum atomic E-state index is 0.553. The van der Waals surface area contributed by atoms with Crippen molar-refractivity contribution in [1.29, 1.82) is 0 Å². The van der Waals surface area contributed by atoms with Crippen molar-refractivity contribution < 1.29 is 0 Å². The Morgan fingerprint density at radius 1 is 1.17 bits per heavy atom. The molecule has 3 rings (SSSR count). The number of rotatable bonds is 2. The Morgan fingerprint density at radius 3 is 2.78 bits per heavy atom. The number of aromatic nitrogens is 1. The predicted molar refractivity (Wildman–Crippen MR) is 76.1 cm³/mol. The molecular weight excluding hydrogens is 222 g/mol. The highest BCUT2D eigenvalue weighted by molar-refractivity contribution is 5.89. The van der Waals surface area contributed by atoms with Gasteiger partial charge in [-0.3, -0.25) is 0 Å². The highest BCUT2D eigenvalue weighted by atomic mass is 15.0. The lowest BCUT2D eigenvalue weighted by Crippen LogP contribution is -2.49. The zero-order valence-electron chi connectivity index (χ0n) is 11.1. The van der Waals surface area contributed by atoms with Gasteiger partial charge in [0.2, 0.25) is 0 Å². The summed E-state index contributed by atoms with van der Waals surface area (Å²) in [6, 6.07) is 4.97. The molecule has 3 heteroatoms. The summed E-state index contributed by atoms with van der Waals surface area (Å²) in [5, 5.41) is 8.45. The molecule has 0 bridgehead atoms. The molecule has 2 heterocycles. The second-order valence-corrected chi connectivity index (χ2v) is 5.32. The molecule has 1 fully saturated rings. The van der Waals surface area contributed by atoms with E-state index >= 15 is 0 Å². The number of aromatic amines is 1. The van der Waals surface area contributed by atoms with Crippen LogP contribution in [0.25, 0.3) is 10.9 Å². The summed E-state index contributed by atoms with van der Waals surface area (Å²) < 4.78 is 0. The molecule has 0 saturated carbocycles. The summed E-state index contributed by atoms with van der Waals surface area (Å²) in [6.45, 7) is 7.60. The molecule has 1 saturated heterocycles. The highest BCUT2D eigenvalue weighted by Gasteiger charge is 2.16. The summed E-state index contributed by atoms with van der Waals surface area (Å²) in [4.78, 5) is 3.44. The lowest BCUT2D eigenvalue weighted by atomic mass is 9.99. The van der Waals surface area contributed by atoms with Gasteiger partial charge in [-0.15, -0.1) is 0 Å². The van der Waals surface area contributed by atoms with E-state index in [-0.39, 0.29) is 0 Å². The first-order chi connectivity index (χ1) is 8.75. The SMILES string of the molecule is Cc1ccc(C)c2c(CC3CNCCN3)c[nH]c12. The fourth-order valence-electron chi connectivity index (χ4n) is 2.93. The van der Waals surface area contributed by atoms with E-state index in [9.17, 15) is 0 Å². The molecule has 18 heavy (non-hydrogen) atoms. The Kier molecular flexibility index (Phi) is 3.10. The minimum absolute atomic E-state index is 0.553. The summed E-state index contributed by atoms with van der Waals surface area (Å²) in [7, 11) is 0. The average Bonchev–Trinajstić information content (AvgIpc) is 2.80. The molecule has 0 spiro atoms. The van der Waals surface area contributed by atoms with Gasteiger partial charge >= 0.3 is 0 Å². The van der Waals surface area contributed by atoms with E-state index in [0.29, 0.717) is 6.04 Å². The van der Waals surface area contributed by atoms with Gasteiger partial charge in [-0.1, -0.05) is 12.1 Å². The highest BCUT2D eigenvalue weighted by Crippen LogP contribution is 2.26. The lowest BCUT2D eigenvalue weighted by molar-refractivity contribution is 0.417. The van der Waals surface area contributed by atoms with Gasteiger partial charge in [0.15, 0.2) is 0 Å². The van der Waals surface area contributed by atoms with Crippen LogP contribution in [0.1, 0.15) is 16.7 Å². The van der Waals surface area contributed by atoms with Crippen molar-refractivity contribution in [2.45, 2.75) is 26.3 Å². The fourth-order valence-corrected chi connectivity index (χ4v) is 2.93. The molecule has 3 nitrogen and oxygen atoms in total. The fraction of sp³-hybridized carbons (Fsp3) is 0.467. The van der Waals surface area contributed by atoms with Crippen molar-refractivity contribution in [2.75, 3.05) is 19.6 Å². The van der Waals surface area contributed by atoms with E-state index in [4.69, 9.17) is 0 Å². The Bertz CT molecular complexity index is 550. The molecule has 96 valence electrons. The Labute approximate surface area is 108 Å². The maximum absolute atomic E-state index is 3.58. The maximum Gasteiger partial charge on any atom is 0.0489 e. The molecule has 1 atom stereocenters. The quantitative estimate of drug-likeness (QED) is 0.754. The number of H-pyrrole nitrogens is 1. The zero-order valence-corrected chi connectivity index (χ0v) is 11.1. The van der Waals surface area contributed by atoms with E-state index in [2.05, 4.69) is 47.8 Å². The van der Waals surface area contributed by atoms with E-state index < -0.39 is 0 Å². The lowest BCUT2D eigenvalue weighted by Gasteiger charge is -2.24. The van der Waals surface area contributed by atoms with Gasteiger partial charge in [0.05, 0.1) is 0 Å². The van der Waals surface area contributed by atoms with Crippen molar-refractivity contribution in [3.63, 3.8) is 0 Å². The molecule has 1 aliphatic heterocycles. The smallest absolute Gasteiger partial charge is 0.0489 e. The molecule has 0 aliphatic carbocycles. The molecule has 1 aromatic carbocycles. The number of hydrogen-bond donors (Lipinski definition) is 3. The Hall–Kier alpha value is -1.32. The molecule has 1 unspecified atom stereocenters.